The van der Waals surface area contributed by atoms with E-state index in [1.165, 1.54) is 0 Å². The molecule has 9 heteroatoms. The van der Waals surface area contributed by atoms with Gasteiger partial charge in [0.05, 0.1) is 16.2 Å². The van der Waals surface area contributed by atoms with E-state index in [0.717, 1.165) is 11.8 Å². The van der Waals surface area contributed by atoms with Gasteiger partial charge in [-0.1, -0.05) is 0 Å². The maximum atomic E-state index is 11.3. The third kappa shape index (κ3) is 2.77. The summed E-state index contributed by atoms with van der Waals surface area (Å²) in [5, 5.41) is 2.69. The summed E-state index contributed by atoms with van der Waals surface area (Å²) in [5.41, 5.74) is 10.2. The topological polar surface area (TPSA) is 131 Å². The minimum atomic E-state index is -0.870. The molecule has 0 aromatic carbocycles. The first-order valence-corrected chi connectivity index (χ1v) is 6.43. The van der Waals surface area contributed by atoms with Crippen molar-refractivity contribution in [1.29, 1.82) is 0 Å². The SMILES string of the molecule is CSc1[nH]c(NC(=O)CCl)c(C(N)=O)c1C(N)=O. The Morgan fingerprint density at radius 3 is 2.22 bits per heavy atom. The molecule has 1 aromatic heterocycles. The molecule has 3 amide bonds. The number of nitrogens with one attached hydrogen (secondary N) is 2. The third-order valence-corrected chi connectivity index (χ3v) is 3.01. The molecular weight excluding hydrogens is 280 g/mol. The molecule has 0 aliphatic carbocycles. The second-order valence-corrected chi connectivity index (χ2v) is 4.28. The first-order valence-electron chi connectivity index (χ1n) is 4.67. The number of thioether (sulfide) groups is 1. The van der Waals surface area contributed by atoms with Gasteiger partial charge < -0.3 is 21.8 Å². The van der Waals surface area contributed by atoms with Crippen LogP contribution in [0.3, 0.4) is 0 Å². The van der Waals surface area contributed by atoms with Crippen LogP contribution in [-0.2, 0) is 4.79 Å². The van der Waals surface area contributed by atoms with Gasteiger partial charge in [-0.25, -0.2) is 0 Å². The second kappa shape index (κ2) is 5.78. The summed E-state index contributed by atoms with van der Waals surface area (Å²) in [6.45, 7) is 0. The van der Waals surface area contributed by atoms with Gasteiger partial charge in [0.15, 0.2) is 0 Å². The van der Waals surface area contributed by atoms with Crippen molar-refractivity contribution in [1.82, 2.24) is 4.98 Å². The van der Waals surface area contributed by atoms with E-state index >= 15 is 0 Å². The molecule has 0 aliphatic rings. The number of rotatable bonds is 5. The summed E-state index contributed by atoms with van der Waals surface area (Å²) in [5.74, 6) is -2.49. The predicted octanol–water partition coefficient (Wildman–Crippen LogP) is 0.112. The Morgan fingerprint density at radius 1 is 1.28 bits per heavy atom. The Bertz CT molecular complexity index is 514. The normalized spacial score (nSPS) is 10.1. The van der Waals surface area contributed by atoms with Crippen LogP contribution in [0.15, 0.2) is 5.03 Å². The highest BCUT2D eigenvalue weighted by Crippen LogP contribution is 2.28. The summed E-state index contributed by atoms with van der Waals surface area (Å²) in [7, 11) is 0. The number of hydrogen-bond acceptors (Lipinski definition) is 4. The molecular formula is C9H11ClN4O3S. The number of halogens is 1. The summed E-state index contributed by atoms with van der Waals surface area (Å²) >= 11 is 6.50. The van der Waals surface area contributed by atoms with Gasteiger partial charge >= 0.3 is 0 Å². The smallest absolute Gasteiger partial charge is 0.253 e. The lowest BCUT2D eigenvalue weighted by Crippen LogP contribution is -2.22. The van der Waals surface area contributed by atoms with Gasteiger partial charge in [0.1, 0.15) is 11.7 Å². The van der Waals surface area contributed by atoms with Gasteiger partial charge in [-0.05, 0) is 6.26 Å². The van der Waals surface area contributed by atoms with E-state index in [1.54, 1.807) is 6.26 Å². The zero-order chi connectivity index (χ0) is 13.9. The highest BCUT2D eigenvalue weighted by molar-refractivity contribution is 7.98. The van der Waals surface area contributed by atoms with Crippen molar-refractivity contribution in [2.24, 2.45) is 11.5 Å². The zero-order valence-corrected chi connectivity index (χ0v) is 10.9. The molecule has 0 saturated carbocycles. The molecule has 18 heavy (non-hydrogen) atoms. The number of carbonyl (C=O) groups is 3. The van der Waals surface area contributed by atoms with Gasteiger partial charge in [0, 0.05) is 0 Å². The number of aromatic nitrogens is 1. The molecule has 0 spiro atoms. The van der Waals surface area contributed by atoms with Crippen LogP contribution in [0.25, 0.3) is 0 Å². The number of hydrogen-bond donors (Lipinski definition) is 4. The molecule has 1 aromatic rings. The fourth-order valence-corrected chi connectivity index (χ4v) is 2.06. The van der Waals surface area contributed by atoms with Gasteiger partial charge in [-0.2, -0.15) is 0 Å². The minimum absolute atomic E-state index is 0.0197. The van der Waals surface area contributed by atoms with Gasteiger partial charge in [0.2, 0.25) is 5.91 Å². The quantitative estimate of drug-likeness (QED) is 0.453. The molecule has 0 saturated heterocycles. The fourth-order valence-electron chi connectivity index (χ4n) is 1.38. The highest BCUT2D eigenvalue weighted by Gasteiger charge is 2.25. The van der Waals surface area contributed by atoms with Crippen LogP contribution in [0.4, 0.5) is 5.82 Å². The Morgan fingerprint density at radius 2 is 1.83 bits per heavy atom. The molecule has 6 N–H and O–H groups in total. The number of H-pyrrole nitrogens is 1. The van der Waals surface area contributed by atoms with E-state index in [-0.39, 0.29) is 22.8 Å². The van der Waals surface area contributed by atoms with Crippen molar-refractivity contribution < 1.29 is 14.4 Å². The second-order valence-electron chi connectivity index (χ2n) is 3.19. The lowest BCUT2D eigenvalue weighted by molar-refractivity contribution is -0.113. The van der Waals surface area contributed by atoms with E-state index in [9.17, 15) is 14.4 Å². The van der Waals surface area contributed by atoms with Crippen LogP contribution in [0.1, 0.15) is 20.7 Å². The van der Waals surface area contributed by atoms with Gasteiger partial charge in [0.25, 0.3) is 11.8 Å². The van der Waals surface area contributed by atoms with Gasteiger partial charge in [-0.15, -0.1) is 23.4 Å². The molecule has 0 atom stereocenters. The predicted molar refractivity (Wildman–Crippen MR) is 69.0 cm³/mol. The summed E-state index contributed by atoms with van der Waals surface area (Å²) in [6, 6.07) is 0. The third-order valence-electron chi connectivity index (χ3n) is 2.05. The minimum Gasteiger partial charge on any atom is -0.365 e. The average molecular weight is 291 g/mol. The van der Waals surface area contributed by atoms with E-state index in [0.29, 0.717) is 5.03 Å². The van der Waals surface area contributed by atoms with Crippen LogP contribution < -0.4 is 16.8 Å². The molecule has 0 radical (unpaired) electrons. The number of aromatic amines is 1. The van der Waals surface area contributed by atoms with Crippen LogP contribution in [0, 0.1) is 0 Å². The summed E-state index contributed by atoms with van der Waals surface area (Å²) in [4.78, 5) is 36.6. The molecule has 0 fully saturated rings. The van der Waals surface area contributed by atoms with Crippen molar-refractivity contribution >= 4 is 46.9 Å². The molecule has 0 aliphatic heterocycles. The Kier molecular flexibility index (Phi) is 4.62. The van der Waals surface area contributed by atoms with Crippen molar-refractivity contribution in [3.8, 4) is 0 Å². The Balaban J connectivity index is 3.38. The van der Waals surface area contributed by atoms with Crippen molar-refractivity contribution in [3.63, 3.8) is 0 Å². The molecule has 1 heterocycles. The first-order chi connectivity index (χ1) is 8.42. The van der Waals surface area contributed by atoms with Crippen molar-refractivity contribution in [2.75, 3.05) is 17.5 Å². The standard InChI is InChI=1S/C9H11ClN4O3S/c1-18-9-5(7(12)17)4(6(11)16)8(14-9)13-3(15)2-10/h14H,2H2,1H3,(H2,11,16)(H2,12,17)(H,13,15). The Labute approximate surface area is 112 Å². The zero-order valence-electron chi connectivity index (χ0n) is 9.37. The number of nitrogens with two attached hydrogens (primary N) is 2. The number of carbonyl (C=O) groups excluding carboxylic acids is 3. The van der Waals surface area contributed by atoms with E-state index < -0.39 is 17.7 Å². The lowest BCUT2D eigenvalue weighted by atomic mass is 10.1. The van der Waals surface area contributed by atoms with Crippen LogP contribution in [0.2, 0.25) is 0 Å². The number of alkyl halides is 1. The summed E-state index contributed by atoms with van der Waals surface area (Å²) < 4.78 is 0. The lowest BCUT2D eigenvalue weighted by Gasteiger charge is -2.02. The van der Waals surface area contributed by atoms with E-state index in [2.05, 4.69) is 10.3 Å². The Hall–Kier alpha value is -1.67. The first kappa shape index (κ1) is 14.4. The monoisotopic (exact) mass is 290 g/mol. The van der Waals surface area contributed by atoms with Crippen LogP contribution in [0.5, 0.6) is 0 Å². The van der Waals surface area contributed by atoms with Gasteiger partial charge in [-0.3, -0.25) is 14.4 Å². The maximum Gasteiger partial charge on any atom is 0.253 e. The summed E-state index contributed by atoms with van der Waals surface area (Å²) in [6.07, 6.45) is 1.68. The largest absolute Gasteiger partial charge is 0.365 e. The van der Waals surface area contributed by atoms with Crippen LogP contribution >= 0.6 is 23.4 Å². The number of primary amides is 2. The van der Waals surface area contributed by atoms with Crippen molar-refractivity contribution in [3.05, 3.63) is 11.1 Å². The van der Waals surface area contributed by atoms with Crippen molar-refractivity contribution in [2.45, 2.75) is 5.03 Å². The highest BCUT2D eigenvalue weighted by atomic mass is 35.5. The molecule has 7 nitrogen and oxygen atoms in total. The molecule has 0 bridgehead atoms. The van der Waals surface area contributed by atoms with Crippen LogP contribution in [-0.4, -0.2) is 34.8 Å². The average Bonchev–Trinajstić information content (AvgIpc) is 2.67. The molecule has 98 valence electrons. The van der Waals surface area contributed by atoms with E-state index in [4.69, 9.17) is 23.1 Å². The van der Waals surface area contributed by atoms with E-state index in [1.807, 2.05) is 0 Å². The molecule has 0 unspecified atom stereocenters. The number of anilines is 1. The molecule has 1 rings (SSSR count). The fraction of sp³-hybridized carbons (Fsp3) is 0.222. The maximum absolute atomic E-state index is 11.3. The number of amides is 3.